The van der Waals surface area contributed by atoms with Gasteiger partial charge in [-0.1, -0.05) is 75.7 Å². The van der Waals surface area contributed by atoms with E-state index in [-0.39, 0.29) is 19.0 Å². The van der Waals surface area contributed by atoms with Gasteiger partial charge in [0.1, 0.15) is 12.6 Å². The van der Waals surface area contributed by atoms with Crippen molar-refractivity contribution in [2.24, 2.45) is 0 Å². The Labute approximate surface area is 204 Å². The van der Waals surface area contributed by atoms with Gasteiger partial charge in [-0.25, -0.2) is 8.42 Å². The first kappa shape index (κ1) is 27.4. The average molecular weight is 488 g/mol. The van der Waals surface area contributed by atoms with Crippen molar-refractivity contribution in [3.63, 3.8) is 0 Å². The number of carbonyl (C=O) groups is 2. The summed E-state index contributed by atoms with van der Waals surface area (Å²) in [7, 11) is -3.74. The van der Waals surface area contributed by atoms with Crippen molar-refractivity contribution in [1.82, 2.24) is 10.2 Å². The predicted molar refractivity (Wildman–Crippen MR) is 137 cm³/mol. The molecule has 2 aromatic rings. The summed E-state index contributed by atoms with van der Waals surface area (Å²) >= 11 is 0. The lowest BCUT2D eigenvalue weighted by Crippen LogP contribution is -2.52. The molecular formula is C26H37N3O4S. The number of sulfonamides is 1. The quantitative estimate of drug-likeness (QED) is 0.436. The van der Waals surface area contributed by atoms with Crippen LogP contribution in [0.3, 0.4) is 0 Å². The summed E-state index contributed by atoms with van der Waals surface area (Å²) in [6.07, 6.45) is 3.94. The predicted octanol–water partition coefficient (Wildman–Crippen LogP) is 3.74. The molecule has 0 aliphatic heterocycles. The van der Waals surface area contributed by atoms with Crippen molar-refractivity contribution in [2.75, 3.05) is 23.7 Å². The number of benzene rings is 2. The van der Waals surface area contributed by atoms with E-state index in [2.05, 4.69) is 5.32 Å². The van der Waals surface area contributed by atoms with Crippen LogP contribution in [0.25, 0.3) is 0 Å². The standard InChI is InChI=1S/C26H37N3O4S/c1-5-8-18-27-26(31)23(7-3)28(19-21-14-10-9-11-15-21)25(30)20-29(34(4,32)33)24-17-13-12-16-22(24)6-2/h9-17,23H,5-8,18-20H2,1-4H3,(H,27,31)/t23-/m0/s1. The molecule has 0 radical (unpaired) electrons. The first-order chi connectivity index (χ1) is 16.2. The highest BCUT2D eigenvalue weighted by Gasteiger charge is 2.32. The summed E-state index contributed by atoms with van der Waals surface area (Å²) in [6.45, 7) is 6.22. The third kappa shape index (κ3) is 7.58. The zero-order chi connectivity index (χ0) is 25.1. The number of hydrogen-bond donors (Lipinski definition) is 1. The summed E-state index contributed by atoms with van der Waals surface area (Å²) in [5, 5.41) is 2.92. The van der Waals surface area contributed by atoms with E-state index in [4.69, 9.17) is 0 Å². The Balaban J connectivity index is 2.41. The smallest absolute Gasteiger partial charge is 0.244 e. The van der Waals surface area contributed by atoms with Crippen LogP contribution >= 0.6 is 0 Å². The molecule has 2 rings (SSSR count). The van der Waals surface area contributed by atoms with Gasteiger partial charge in [-0.15, -0.1) is 0 Å². The van der Waals surface area contributed by atoms with Crippen LogP contribution in [0, 0.1) is 0 Å². The van der Waals surface area contributed by atoms with Crippen molar-refractivity contribution in [3.05, 3.63) is 65.7 Å². The minimum Gasteiger partial charge on any atom is -0.354 e. The number of para-hydroxylation sites is 1. The van der Waals surface area contributed by atoms with Gasteiger partial charge in [0.2, 0.25) is 21.8 Å². The number of anilines is 1. The first-order valence-electron chi connectivity index (χ1n) is 11.9. The molecule has 0 unspecified atom stereocenters. The van der Waals surface area contributed by atoms with E-state index in [9.17, 15) is 18.0 Å². The molecule has 8 heteroatoms. The molecule has 1 N–H and O–H groups in total. The Hall–Kier alpha value is -2.87. The van der Waals surface area contributed by atoms with E-state index in [1.165, 1.54) is 4.90 Å². The molecule has 186 valence electrons. The van der Waals surface area contributed by atoms with Crippen molar-refractivity contribution in [3.8, 4) is 0 Å². The van der Waals surface area contributed by atoms with Crippen LogP contribution in [0.4, 0.5) is 5.69 Å². The highest BCUT2D eigenvalue weighted by Crippen LogP contribution is 2.24. The van der Waals surface area contributed by atoms with E-state index < -0.39 is 22.0 Å². The summed E-state index contributed by atoms with van der Waals surface area (Å²) in [4.78, 5) is 28.2. The normalized spacial score (nSPS) is 12.1. The molecule has 0 aromatic heterocycles. The molecule has 7 nitrogen and oxygen atoms in total. The number of carbonyl (C=O) groups excluding carboxylic acids is 2. The Morgan fingerprint density at radius 2 is 1.62 bits per heavy atom. The van der Waals surface area contributed by atoms with E-state index in [0.717, 1.165) is 34.5 Å². The molecule has 0 bridgehead atoms. The summed E-state index contributed by atoms with van der Waals surface area (Å²) in [5.41, 5.74) is 2.19. The summed E-state index contributed by atoms with van der Waals surface area (Å²) in [5.74, 6) is -0.641. The SMILES string of the molecule is CCCCNC(=O)[C@H](CC)N(Cc1ccccc1)C(=O)CN(c1ccccc1CC)S(C)(=O)=O. The number of rotatable bonds is 13. The Morgan fingerprint density at radius 1 is 0.971 bits per heavy atom. The van der Waals surface area contributed by atoms with Crippen molar-refractivity contribution in [1.29, 1.82) is 0 Å². The van der Waals surface area contributed by atoms with Crippen LogP contribution in [0.5, 0.6) is 0 Å². The highest BCUT2D eigenvalue weighted by molar-refractivity contribution is 7.92. The summed E-state index contributed by atoms with van der Waals surface area (Å²) in [6, 6.07) is 15.9. The first-order valence-corrected chi connectivity index (χ1v) is 13.7. The second-order valence-electron chi connectivity index (χ2n) is 8.33. The third-order valence-corrected chi connectivity index (χ3v) is 6.86. The van der Waals surface area contributed by atoms with Gasteiger partial charge in [0.15, 0.2) is 0 Å². The van der Waals surface area contributed by atoms with Gasteiger partial charge in [0.25, 0.3) is 0 Å². The molecule has 2 aromatic carbocycles. The topological polar surface area (TPSA) is 86.8 Å². The number of unbranched alkanes of at least 4 members (excludes halogenated alkanes) is 1. The van der Waals surface area contributed by atoms with Gasteiger partial charge < -0.3 is 10.2 Å². The van der Waals surface area contributed by atoms with Crippen LogP contribution in [0.1, 0.15) is 51.2 Å². The van der Waals surface area contributed by atoms with Crippen molar-refractivity contribution in [2.45, 2.75) is 59.0 Å². The monoisotopic (exact) mass is 487 g/mol. The fourth-order valence-corrected chi connectivity index (χ4v) is 4.73. The number of nitrogens with one attached hydrogen (secondary N) is 1. The van der Waals surface area contributed by atoms with E-state index in [1.54, 1.807) is 12.1 Å². The van der Waals surface area contributed by atoms with Crippen molar-refractivity contribution >= 4 is 27.5 Å². The third-order valence-electron chi connectivity index (χ3n) is 5.73. The van der Waals surface area contributed by atoms with Crippen LogP contribution < -0.4 is 9.62 Å². The molecule has 0 heterocycles. The van der Waals surface area contributed by atoms with Gasteiger partial charge in [-0.3, -0.25) is 13.9 Å². The lowest BCUT2D eigenvalue weighted by atomic mass is 10.1. The van der Waals surface area contributed by atoms with Gasteiger partial charge in [-0.05, 0) is 36.5 Å². The molecule has 0 aliphatic rings. The van der Waals surface area contributed by atoms with Crippen molar-refractivity contribution < 1.29 is 18.0 Å². The molecule has 0 saturated heterocycles. The molecule has 34 heavy (non-hydrogen) atoms. The van der Waals surface area contributed by atoms with Crippen LogP contribution in [-0.2, 0) is 32.6 Å². The van der Waals surface area contributed by atoms with Gasteiger partial charge in [-0.2, -0.15) is 0 Å². The second kappa shape index (κ2) is 13.1. The minimum absolute atomic E-state index is 0.215. The maximum atomic E-state index is 13.7. The lowest BCUT2D eigenvalue weighted by Gasteiger charge is -2.33. The number of amides is 2. The Kier molecular flexibility index (Phi) is 10.6. The van der Waals surface area contributed by atoms with Gasteiger partial charge in [0, 0.05) is 13.1 Å². The molecule has 2 amide bonds. The van der Waals surface area contributed by atoms with E-state index >= 15 is 0 Å². The maximum absolute atomic E-state index is 13.7. The zero-order valence-electron chi connectivity index (χ0n) is 20.7. The average Bonchev–Trinajstić information content (AvgIpc) is 2.82. The van der Waals surface area contributed by atoms with Crippen LogP contribution in [-0.4, -0.2) is 50.5 Å². The maximum Gasteiger partial charge on any atom is 0.244 e. The van der Waals surface area contributed by atoms with Gasteiger partial charge >= 0.3 is 0 Å². The molecule has 0 spiro atoms. The Morgan fingerprint density at radius 3 is 2.21 bits per heavy atom. The second-order valence-corrected chi connectivity index (χ2v) is 10.2. The number of nitrogens with zero attached hydrogens (tertiary/aromatic N) is 2. The lowest BCUT2D eigenvalue weighted by molar-refractivity contribution is -0.140. The number of hydrogen-bond acceptors (Lipinski definition) is 4. The molecule has 0 fully saturated rings. The minimum atomic E-state index is -3.74. The molecule has 1 atom stereocenters. The largest absolute Gasteiger partial charge is 0.354 e. The van der Waals surface area contributed by atoms with Crippen LogP contribution in [0.15, 0.2) is 54.6 Å². The molecular weight excluding hydrogens is 450 g/mol. The van der Waals surface area contributed by atoms with E-state index in [1.807, 2.05) is 63.2 Å². The van der Waals surface area contributed by atoms with Gasteiger partial charge in [0.05, 0.1) is 11.9 Å². The highest BCUT2D eigenvalue weighted by atomic mass is 32.2. The molecule has 0 aliphatic carbocycles. The molecule has 0 saturated carbocycles. The van der Waals surface area contributed by atoms with Crippen LogP contribution in [0.2, 0.25) is 0 Å². The fraction of sp³-hybridized carbons (Fsp3) is 0.462. The zero-order valence-corrected chi connectivity index (χ0v) is 21.5. The summed E-state index contributed by atoms with van der Waals surface area (Å²) < 4.78 is 26.6. The number of aryl methyl sites for hydroxylation is 1. The fourth-order valence-electron chi connectivity index (χ4n) is 3.85. The van der Waals surface area contributed by atoms with E-state index in [0.29, 0.717) is 25.1 Å². The Bertz CT molecular complexity index is 1040.